The minimum absolute atomic E-state index is 0.0359. The number of likely N-dealkylation sites (tertiary alicyclic amines) is 1. The first-order chi connectivity index (χ1) is 12.7. The summed E-state index contributed by atoms with van der Waals surface area (Å²) in [6.45, 7) is 6.22. The first-order valence-electron chi connectivity index (χ1n) is 9.26. The number of pyridine rings is 1. The standard InChI is InChI=1S/C20H25N3O3/c1-15-4-5-17(26-15)13-22-8-6-18-19(14-22)25-10-9-23(20(18)24)12-16-3-2-7-21-11-16/h2-5,7,11,18-19H,6,8-10,12-14H2,1H3/t18-,19+/m1/s1. The number of hydrogen-bond acceptors (Lipinski definition) is 5. The lowest BCUT2D eigenvalue weighted by Gasteiger charge is -2.36. The predicted octanol–water partition coefficient (Wildman–Crippen LogP) is 2.23. The molecule has 6 heteroatoms. The van der Waals surface area contributed by atoms with Crippen LogP contribution in [0.15, 0.2) is 41.1 Å². The van der Waals surface area contributed by atoms with Crippen molar-refractivity contribution in [1.82, 2.24) is 14.8 Å². The number of piperidine rings is 1. The van der Waals surface area contributed by atoms with Gasteiger partial charge in [0.1, 0.15) is 11.5 Å². The van der Waals surface area contributed by atoms with E-state index in [1.54, 1.807) is 6.20 Å². The average molecular weight is 355 g/mol. The molecule has 2 atom stereocenters. The van der Waals surface area contributed by atoms with E-state index in [0.717, 1.165) is 43.1 Å². The highest BCUT2D eigenvalue weighted by Gasteiger charge is 2.39. The van der Waals surface area contributed by atoms with Crippen LogP contribution in [0.2, 0.25) is 0 Å². The molecule has 0 radical (unpaired) electrons. The second kappa shape index (κ2) is 7.60. The molecule has 0 N–H and O–H groups in total. The van der Waals surface area contributed by atoms with Crippen LogP contribution >= 0.6 is 0 Å². The molecule has 0 bridgehead atoms. The van der Waals surface area contributed by atoms with Crippen LogP contribution in [0.1, 0.15) is 23.5 Å². The summed E-state index contributed by atoms with van der Waals surface area (Å²) in [5.41, 5.74) is 1.06. The Balaban J connectivity index is 1.40. The molecule has 0 aliphatic carbocycles. The number of carbonyl (C=O) groups is 1. The van der Waals surface area contributed by atoms with Crippen LogP contribution < -0.4 is 0 Å². The number of hydrogen-bond donors (Lipinski definition) is 0. The monoisotopic (exact) mass is 355 g/mol. The Morgan fingerprint density at radius 3 is 2.92 bits per heavy atom. The van der Waals surface area contributed by atoms with Crippen LogP contribution in [0.4, 0.5) is 0 Å². The molecule has 0 unspecified atom stereocenters. The van der Waals surface area contributed by atoms with Crippen molar-refractivity contribution in [2.24, 2.45) is 5.92 Å². The van der Waals surface area contributed by atoms with Crippen LogP contribution in [-0.2, 0) is 22.6 Å². The van der Waals surface area contributed by atoms with Crippen molar-refractivity contribution >= 4 is 5.91 Å². The number of nitrogens with zero attached hydrogens (tertiary/aromatic N) is 3. The Bertz CT molecular complexity index is 746. The fourth-order valence-corrected chi connectivity index (χ4v) is 3.89. The summed E-state index contributed by atoms with van der Waals surface area (Å²) < 4.78 is 11.8. The van der Waals surface area contributed by atoms with Gasteiger partial charge in [-0.3, -0.25) is 14.7 Å². The van der Waals surface area contributed by atoms with Crippen LogP contribution in [0.3, 0.4) is 0 Å². The summed E-state index contributed by atoms with van der Waals surface area (Å²) in [4.78, 5) is 21.4. The van der Waals surface area contributed by atoms with Gasteiger partial charge in [-0.15, -0.1) is 0 Å². The topological polar surface area (TPSA) is 58.8 Å². The van der Waals surface area contributed by atoms with Gasteiger partial charge >= 0.3 is 0 Å². The SMILES string of the molecule is Cc1ccc(CN2CC[C@H]3C(=O)N(Cc4cccnc4)CCO[C@H]3C2)o1. The summed E-state index contributed by atoms with van der Waals surface area (Å²) in [7, 11) is 0. The highest BCUT2D eigenvalue weighted by molar-refractivity contribution is 5.80. The van der Waals surface area contributed by atoms with E-state index in [2.05, 4.69) is 9.88 Å². The van der Waals surface area contributed by atoms with Crippen molar-refractivity contribution in [2.45, 2.75) is 32.5 Å². The zero-order valence-corrected chi connectivity index (χ0v) is 15.1. The maximum Gasteiger partial charge on any atom is 0.228 e. The number of ether oxygens (including phenoxy) is 1. The van der Waals surface area contributed by atoms with Crippen molar-refractivity contribution in [3.8, 4) is 0 Å². The number of fused-ring (bicyclic) bond motifs is 1. The van der Waals surface area contributed by atoms with E-state index >= 15 is 0 Å². The lowest BCUT2D eigenvalue weighted by molar-refractivity contribution is -0.139. The number of rotatable bonds is 4. The van der Waals surface area contributed by atoms with Crippen LogP contribution in [0, 0.1) is 12.8 Å². The normalized spacial score (nSPS) is 24.3. The van der Waals surface area contributed by atoms with Gasteiger partial charge in [0, 0.05) is 32.0 Å². The number of furan rings is 1. The van der Waals surface area contributed by atoms with Crippen molar-refractivity contribution < 1.29 is 13.9 Å². The molecule has 0 aromatic carbocycles. The van der Waals surface area contributed by atoms with Crippen molar-refractivity contribution in [1.29, 1.82) is 0 Å². The van der Waals surface area contributed by atoms with Crippen molar-refractivity contribution in [3.63, 3.8) is 0 Å². The maximum atomic E-state index is 13.0. The highest BCUT2D eigenvalue weighted by atomic mass is 16.5. The summed E-state index contributed by atoms with van der Waals surface area (Å²) >= 11 is 0. The van der Waals surface area contributed by atoms with Gasteiger partial charge in [0.05, 0.1) is 25.2 Å². The van der Waals surface area contributed by atoms with E-state index < -0.39 is 0 Å². The van der Waals surface area contributed by atoms with E-state index in [-0.39, 0.29) is 17.9 Å². The first kappa shape index (κ1) is 17.2. The zero-order chi connectivity index (χ0) is 17.9. The summed E-state index contributed by atoms with van der Waals surface area (Å²) in [6, 6.07) is 7.93. The quantitative estimate of drug-likeness (QED) is 0.842. The average Bonchev–Trinajstić information content (AvgIpc) is 2.99. The van der Waals surface area contributed by atoms with Crippen LogP contribution in [0.25, 0.3) is 0 Å². The largest absolute Gasteiger partial charge is 0.465 e. The van der Waals surface area contributed by atoms with Gasteiger partial charge in [-0.2, -0.15) is 0 Å². The van der Waals surface area contributed by atoms with Gasteiger partial charge < -0.3 is 14.1 Å². The number of aromatic nitrogens is 1. The molecule has 4 rings (SSSR count). The van der Waals surface area contributed by atoms with E-state index in [1.807, 2.05) is 42.3 Å². The molecule has 138 valence electrons. The molecule has 2 aromatic heterocycles. The second-order valence-corrected chi connectivity index (χ2v) is 7.17. The molecule has 6 nitrogen and oxygen atoms in total. The lowest BCUT2D eigenvalue weighted by Crippen LogP contribution is -2.48. The van der Waals surface area contributed by atoms with Gasteiger partial charge in [-0.25, -0.2) is 0 Å². The van der Waals surface area contributed by atoms with E-state index in [0.29, 0.717) is 19.7 Å². The minimum atomic E-state index is -0.0521. The summed E-state index contributed by atoms with van der Waals surface area (Å²) in [5.74, 6) is 2.06. The third-order valence-electron chi connectivity index (χ3n) is 5.24. The van der Waals surface area contributed by atoms with Gasteiger partial charge in [0.2, 0.25) is 5.91 Å². The van der Waals surface area contributed by atoms with Crippen molar-refractivity contribution in [3.05, 3.63) is 53.7 Å². The van der Waals surface area contributed by atoms with Gasteiger partial charge in [-0.1, -0.05) is 6.07 Å². The smallest absolute Gasteiger partial charge is 0.228 e. The van der Waals surface area contributed by atoms with Crippen molar-refractivity contribution in [2.75, 3.05) is 26.2 Å². The van der Waals surface area contributed by atoms with E-state index in [1.165, 1.54) is 0 Å². The van der Waals surface area contributed by atoms with Gasteiger partial charge in [-0.05, 0) is 43.7 Å². The zero-order valence-electron chi connectivity index (χ0n) is 15.1. The fourth-order valence-electron chi connectivity index (χ4n) is 3.89. The third-order valence-corrected chi connectivity index (χ3v) is 5.24. The fraction of sp³-hybridized carbons (Fsp3) is 0.500. The molecule has 0 saturated carbocycles. The maximum absolute atomic E-state index is 13.0. The molecule has 26 heavy (non-hydrogen) atoms. The Morgan fingerprint density at radius 2 is 2.15 bits per heavy atom. The molecule has 0 spiro atoms. The lowest BCUT2D eigenvalue weighted by atomic mass is 9.92. The molecule has 4 heterocycles. The van der Waals surface area contributed by atoms with Gasteiger partial charge in [0.25, 0.3) is 0 Å². The predicted molar refractivity (Wildman–Crippen MR) is 96.2 cm³/mol. The molecule has 2 aliphatic rings. The van der Waals surface area contributed by atoms with Crippen LogP contribution in [0.5, 0.6) is 0 Å². The van der Waals surface area contributed by atoms with Gasteiger partial charge in [0.15, 0.2) is 0 Å². The molecule has 2 fully saturated rings. The van der Waals surface area contributed by atoms with E-state index in [4.69, 9.17) is 9.15 Å². The summed E-state index contributed by atoms with van der Waals surface area (Å²) in [5, 5.41) is 0. The summed E-state index contributed by atoms with van der Waals surface area (Å²) in [6.07, 6.45) is 4.37. The highest BCUT2D eigenvalue weighted by Crippen LogP contribution is 2.27. The number of carbonyl (C=O) groups excluding carboxylic acids is 1. The minimum Gasteiger partial charge on any atom is -0.465 e. The molecule has 2 aliphatic heterocycles. The van der Waals surface area contributed by atoms with Crippen LogP contribution in [-0.4, -0.2) is 53.0 Å². The van der Waals surface area contributed by atoms with E-state index in [9.17, 15) is 4.79 Å². The number of aryl methyl sites for hydroxylation is 1. The molecule has 1 amide bonds. The molecule has 2 aromatic rings. The number of amides is 1. The third kappa shape index (κ3) is 3.81. The molecule has 2 saturated heterocycles. The Kier molecular flexibility index (Phi) is 5.04. The Morgan fingerprint density at radius 1 is 1.23 bits per heavy atom. The second-order valence-electron chi connectivity index (χ2n) is 7.17. The Hall–Kier alpha value is -2.18. The molecular formula is C20H25N3O3. The molecular weight excluding hydrogens is 330 g/mol. The Labute approximate surface area is 153 Å². The first-order valence-corrected chi connectivity index (χ1v) is 9.26.